The van der Waals surface area contributed by atoms with Crippen LogP contribution >= 0.6 is 0 Å². The van der Waals surface area contributed by atoms with Crippen LogP contribution in [-0.4, -0.2) is 0 Å². The third-order valence-corrected chi connectivity index (χ3v) is 0. The van der Waals surface area contributed by atoms with Crippen LogP contribution in [0.15, 0.2) is 0 Å². The molecule has 198 valence electrons. The first-order chi connectivity index (χ1) is 18.0. The van der Waals surface area contributed by atoms with Crippen molar-refractivity contribution in [2.24, 2.45) is 0 Å². The molecule has 0 spiro atoms. The second kappa shape index (κ2) is 867. The minimum Gasteiger partial charge on any atom is -0.512 e. The average Bonchev–Trinajstić information content (AvgIpc) is 3.13. The monoisotopic (exact) mass is 773 g/mol. The Morgan fingerprint density at radius 1 is 0.122 bits per heavy atom. The van der Waals surface area contributed by atoms with Crippen molar-refractivity contribution in [2.75, 3.05) is 0 Å². The van der Waals surface area contributed by atoms with Crippen LogP contribution in [0.2, 0.25) is 0 Å². The zero-order valence-electron chi connectivity index (χ0n) is 19.5. The minimum atomic E-state index is 0. The zero-order chi connectivity index (χ0) is 36.0. The van der Waals surface area contributed by atoms with Crippen LogP contribution in [0.4, 0.5) is 0 Å². The standard InChI is InChI=1S/18CN.3Co.2Zn/c18*1-2;;;;;/q18*-1;3*+3;2*+2. The van der Waals surface area contributed by atoms with Gasteiger partial charge in [0.05, 0.1) is 0 Å². The molecule has 0 saturated heterocycles. The van der Waals surface area contributed by atoms with Crippen molar-refractivity contribution >= 4 is 0 Å². The topological polar surface area (TPSA) is 428 Å². The van der Waals surface area contributed by atoms with Crippen LogP contribution in [0.25, 0.3) is 0 Å². The van der Waals surface area contributed by atoms with Crippen molar-refractivity contribution in [3.63, 3.8) is 0 Å². The summed E-state index contributed by atoms with van der Waals surface area (Å²) in [6.45, 7) is 85.5. The Morgan fingerprint density at radius 2 is 0.122 bits per heavy atom. The molecule has 23 heteroatoms. The van der Waals surface area contributed by atoms with Crippen LogP contribution in [0.1, 0.15) is 0 Å². The molecule has 0 heterocycles. The molecule has 0 aromatic carbocycles. The molecule has 0 radical (unpaired) electrons. The Balaban J connectivity index is -0.00000000396. The van der Waals surface area contributed by atoms with E-state index in [1.54, 1.807) is 0 Å². The predicted molar refractivity (Wildman–Crippen MR) is 89.4 cm³/mol. The van der Waals surface area contributed by atoms with Gasteiger partial charge in [0.25, 0.3) is 0 Å². The first kappa shape index (κ1) is 291. The second-order valence-corrected chi connectivity index (χ2v) is 0. The zero-order valence-corrected chi connectivity index (χ0v) is 28.5. The Morgan fingerprint density at radius 3 is 0.122 bits per heavy atom. The molecule has 0 saturated carbocycles. The molecule has 0 N–H and O–H groups in total. The third-order valence-electron chi connectivity index (χ3n) is 0. The van der Waals surface area contributed by atoms with E-state index in [2.05, 4.69) is 0 Å². The van der Waals surface area contributed by atoms with E-state index in [0.29, 0.717) is 0 Å². The fourth-order valence-corrected chi connectivity index (χ4v) is 0. The molecular formula is C18Co3N18Zn2-5. The molecule has 0 aromatic heterocycles. The summed E-state index contributed by atoms with van der Waals surface area (Å²) < 4.78 is 0. The molecular weight excluding hydrogens is 776 g/mol. The van der Waals surface area contributed by atoms with Gasteiger partial charge in [-0.3, -0.25) is 0 Å². The maximum atomic E-state index is 6.25. The summed E-state index contributed by atoms with van der Waals surface area (Å²) in [6.07, 6.45) is 0. The van der Waals surface area contributed by atoms with Crippen LogP contribution in [0.5, 0.6) is 0 Å². The van der Waals surface area contributed by atoms with Gasteiger partial charge in [-0.1, -0.05) is 0 Å². The van der Waals surface area contributed by atoms with E-state index < -0.39 is 0 Å². The fourth-order valence-electron chi connectivity index (χ4n) is 0. The van der Waals surface area contributed by atoms with E-state index >= 15 is 0 Å². The van der Waals surface area contributed by atoms with E-state index in [9.17, 15) is 0 Å². The molecule has 0 amide bonds. The third kappa shape index (κ3) is 815. The van der Waals surface area contributed by atoms with Crippen molar-refractivity contribution in [3.05, 3.63) is 118 Å². The van der Waals surface area contributed by atoms with Crippen LogP contribution < -0.4 is 0 Å². The SMILES string of the molecule is [C-]#N.[C-]#N.[C-]#N.[C-]#N.[C-]#N.[C-]#N.[C-]#N.[C-]#N.[C-]#N.[C-]#N.[C-]#N.[C-]#N.[C-]#N.[C-]#N.[C-]#N.[C-]#N.[C-]#N.[C-]#N.[Co+3].[Co+3].[Co+3].[Zn+2].[Zn+2]. The number of rotatable bonds is 0. The van der Waals surface area contributed by atoms with E-state index in [4.69, 9.17) is 213 Å². The summed E-state index contributed by atoms with van der Waals surface area (Å²) >= 11 is 0. The van der Waals surface area contributed by atoms with Gasteiger partial charge in [-0.05, 0) is 0 Å². The average molecular weight is 776 g/mol. The first-order valence-electron chi connectivity index (χ1n) is 4.02. The molecule has 41 heavy (non-hydrogen) atoms. The number of hydrogen-bond acceptors (Lipinski definition) is 18. The van der Waals surface area contributed by atoms with Crippen molar-refractivity contribution in [2.45, 2.75) is 0 Å². The molecule has 0 rings (SSSR count). The Hall–Kier alpha value is -6.41. The predicted octanol–water partition coefficient (Wildman–Crippen LogP) is 1.72. The Bertz CT molecular complexity index is 374. The van der Waals surface area contributed by atoms with Gasteiger partial charge in [-0.25, -0.2) is 0 Å². The summed E-state index contributed by atoms with van der Waals surface area (Å²) in [5, 5.41) is 112. The fraction of sp³-hybridized carbons (Fsp3) is 0. The van der Waals surface area contributed by atoms with Gasteiger partial charge in [0, 0.05) is 0 Å². The van der Waals surface area contributed by atoms with Crippen molar-refractivity contribution in [1.29, 1.82) is 94.7 Å². The molecule has 0 bridgehead atoms. The van der Waals surface area contributed by atoms with Crippen LogP contribution in [0.3, 0.4) is 0 Å². The normalized spacial score (nSPS) is 0.878. The molecule has 18 nitrogen and oxygen atoms in total. The smallest absolute Gasteiger partial charge is 0.512 e. The Labute approximate surface area is 300 Å². The number of nitrogens with zero attached hydrogens (tertiary/aromatic N) is 18. The van der Waals surface area contributed by atoms with Crippen LogP contribution in [0, 0.1) is 213 Å². The molecule has 0 aliphatic carbocycles. The van der Waals surface area contributed by atoms with Gasteiger partial charge in [0.1, 0.15) is 0 Å². The van der Waals surface area contributed by atoms with Crippen molar-refractivity contribution in [1.82, 2.24) is 0 Å². The van der Waals surface area contributed by atoms with E-state index in [1.165, 1.54) is 0 Å². The van der Waals surface area contributed by atoms with Gasteiger partial charge in [-0.15, -0.1) is 0 Å². The second-order valence-electron chi connectivity index (χ2n) is 0. The summed E-state index contributed by atoms with van der Waals surface area (Å²) in [5.41, 5.74) is 0. The molecule has 0 aliphatic rings. The van der Waals surface area contributed by atoms with Gasteiger partial charge < -0.3 is 213 Å². The summed E-state index contributed by atoms with van der Waals surface area (Å²) in [7, 11) is 0. The van der Waals surface area contributed by atoms with Gasteiger partial charge in [0.15, 0.2) is 0 Å². The molecule has 0 unspecified atom stereocenters. The quantitative estimate of drug-likeness (QED) is 0.249. The molecule has 0 fully saturated rings. The maximum Gasteiger partial charge on any atom is 3.00 e. The van der Waals surface area contributed by atoms with Gasteiger partial charge >= 0.3 is 89.3 Å². The minimum absolute atomic E-state index is 0. The Kier molecular flexibility index (Phi) is 6150. The molecule has 0 aromatic rings. The molecule has 0 atom stereocenters. The van der Waals surface area contributed by atoms with Crippen molar-refractivity contribution < 1.29 is 89.3 Å². The maximum absolute atomic E-state index is 6.25. The van der Waals surface area contributed by atoms with E-state index in [-0.39, 0.29) is 89.3 Å². The largest absolute Gasteiger partial charge is 3.00 e. The van der Waals surface area contributed by atoms with E-state index in [1.807, 2.05) is 0 Å². The van der Waals surface area contributed by atoms with Gasteiger partial charge in [0.2, 0.25) is 0 Å². The van der Waals surface area contributed by atoms with Gasteiger partial charge in [-0.2, -0.15) is 0 Å². The van der Waals surface area contributed by atoms with E-state index in [0.717, 1.165) is 0 Å². The van der Waals surface area contributed by atoms with Crippen LogP contribution in [-0.2, 0) is 89.3 Å². The van der Waals surface area contributed by atoms with Crippen molar-refractivity contribution in [3.8, 4) is 0 Å². The summed E-state index contributed by atoms with van der Waals surface area (Å²) in [6, 6.07) is 0. The summed E-state index contributed by atoms with van der Waals surface area (Å²) in [5.74, 6) is 0. The number of hydrogen-bond donors (Lipinski definition) is 0. The first-order valence-corrected chi connectivity index (χ1v) is 4.02. The summed E-state index contributed by atoms with van der Waals surface area (Å²) in [4.78, 5) is 0. The molecule has 0 aliphatic heterocycles.